The van der Waals surface area contributed by atoms with Gasteiger partial charge in [-0.2, -0.15) is 0 Å². The van der Waals surface area contributed by atoms with Gasteiger partial charge in [-0.05, 0) is 6.07 Å². The highest BCUT2D eigenvalue weighted by molar-refractivity contribution is 5.93. The number of hydrogen-bond acceptors (Lipinski definition) is 4. The third-order valence-electron chi connectivity index (χ3n) is 2.20. The minimum atomic E-state index is -0.364. The number of fused-ring (bicyclic) bond motifs is 1. The standard InChI is InChI=1S/C12H11NO3/c1-8(14)16-12-7-13-6-10-9(12)4-3-5-11(10)15-2/h3-7H,1-2H3. The van der Waals surface area contributed by atoms with Crippen molar-refractivity contribution in [2.24, 2.45) is 0 Å². The summed E-state index contributed by atoms with van der Waals surface area (Å²) in [6, 6.07) is 5.54. The van der Waals surface area contributed by atoms with Crippen LogP contribution in [0.5, 0.6) is 11.5 Å². The van der Waals surface area contributed by atoms with Crippen molar-refractivity contribution >= 4 is 16.7 Å². The summed E-state index contributed by atoms with van der Waals surface area (Å²) in [5.41, 5.74) is 0. The average Bonchev–Trinajstić information content (AvgIpc) is 2.28. The van der Waals surface area contributed by atoms with Crippen LogP contribution in [0, 0.1) is 0 Å². The third-order valence-corrected chi connectivity index (χ3v) is 2.20. The molecule has 1 heterocycles. The van der Waals surface area contributed by atoms with Crippen LogP contribution in [0.1, 0.15) is 6.92 Å². The third kappa shape index (κ3) is 1.82. The van der Waals surface area contributed by atoms with Gasteiger partial charge in [-0.25, -0.2) is 0 Å². The first-order valence-corrected chi connectivity index (χ1v) is 4.81. The summed E-state index contributed by atoms with van der Waals surface area (Å²) >= 11 is 0. The predicted molar refractivity (Wildman–Crippen MR) is 59.6 cm³/mol. The maximum absolute atomic E-state index is 10.9. The lowest BCUT2D eigenvalue weighted by atomic mass is 10.1. The zero-order chi connectivity index (χ0) is 11.5. The summed E-state index contributed by atoms with van der Waals surface area (Å²) in [6.45, 7) is 1.36. The van der Waals surface area contributed by atoms with Crippen LogP contribution in [0.4, 0.5) is 0 Å². The van der Waals surface area contributed by atoms with E-state index in [1.165, 1.54) is 13.1 Å². The Bertz CT molecular complexity index is 537. The molecule has 0 saturated carbocycles. The number of carbonyl (C=O) groups is 1. The first-order chi connectivity index (χ1) is 7.72. The molecule has 0 atom stereocenters. The number of nitrogens with zero attached hydrogens (tertiary/aromatic N) is 1. The van der Waals surface area contributed by atoms with E-state index in [-0.39, 0.29) is 5.97 Å². The molecule has 0 N–H and O–H groups in total. The van der Waals surface area contributed by atoms with E-state index >= 15 is 0 Å². The van der Waals surface area contributed by atoms with E-state index in [0.717, 1.165) is 10.8 Å². The van der Waals surface area contributed by atoms with Crippen molar-refractivity contribution in [2.75, 3.05) is 7.11 Å². The van der Waals surface area contributed by atoms with Crippen molar-refractivity contribution in [3.8, 4) is 11.5 Å². The maximum Gasteiger partial charge on any atom is 0.308 e. The summed E-state index contributed by atoms with van der Waals surface area (Å²) in [7, 11) is 1.59. The molecule has 16 heavy (non-hydrogen) atoms. The van der Waals surface area contributed by atoms with E-state index in [2.05, 4.69) is 4.98 Å². The van der Waals surface area contributed by atoms with Crippen molar-refractivity contribution in [3.05, 3.63) is 30.6 Å². The molecule has 0 aliphatic carbocycles. The van der Waals surface area contributed by atoms with Crippen LogP contribution in [-0.4, -0.2) is 18.1 Å². The van der Waals surface area contributed by atoms with Gasteiger partial charge in [0.1, 0.15) is 5.75 Å². The lowest BCUT2D eigenvalue weighted by Crippen LogP contribution is -2.02. The lowest BCUT2D eigenvalue weighted by Gasteiger charge is -2.08. The van der Waals surface area contributed by atoms with Gasteiger partial charge < -0.3 is 9.47 Å². The van der Waals surface area contributed by atoms with Crippen molar-refractivity contribution in [3.63, 3.8) is 0 Å². The minimum absolute atomic E-state index is 0.364. The zero-order valence-corrected chi connectivity index (χ0v) is 9.06. The van der Waals surface area contributed by atoms with Crippen LogP contribution in [0.25, 0.3) is 10.8 Å². The molecule has 1 aromatic carbocycles. The first kappa shape index (κ1) is 10.4. The molecular weight excluding hydrogens is 206 g/mol. The Morgan fingerprint density at radius 2 is 2.00 bits per heavy atom. The summed E-state index contributed by atoms with van der Waals surface area (Å²) in [4.78, 5) is 14.9. The maximum atomic E-state index is 10.9. The Hall–Kier alpha value is -2.10. The van der Waals surface area contributed by atoms with E-state index in [9.17, 15) is 4.79 Å². The molecule has 0 fully saturated rings. The van der Waals surface area contributed by atoms with Gasteiger partial charge in [0.25, 0.3) is 0 Å². The average molecular weight is 217 g/mol. The molecular formula is C12H11NO3. The number of esters is 1. The summed E-state index contributed by atoms with van der Waals surface area (Å²) in [5, 5.41) is 1.63. The molecule has 82 valence electrons. The molecule has 0 unspecified atom stereocenters. The second-order valence-corrected chi connectivity index (χ2v) is 3.29. The van der Waals surface area contributed by atoms with E-state index in [1.54, 1.807) is 13.3 Å². The molecule has 0 bridgehead atoms. The molecule has 4 nitrogen and oxygen atoms in total. The Labute approximate surface area is 92.8 Å². The number of ether oxygens (including phenoxy) is 2. The number of benzene rings is 1. The van der Waals surface area contributed by atoms with Gasteiger partial charge in [-0.1, -0.05) is 12.1 Å². The highest BCUT2D eigenvalue weighted by atomic mass is 16.5. The Morgan fingerprint density at radius 3 is 2.69 bits per heavy atom. The normalized spacial score (nSPS) is 10.1. The number of methoxy groups -OCH3 is 1. The minimum Gasteiger partial charge on any atom is -0.496 e. The second-order valence-electron chi connectivity index (χ2n) is 3.29. The molecule has 0 aliphatic rings. The number of aromatic nitrogens is 1. The number of hydrogen-bond donors (Lipinski definition) is 0. The van der Waals surface area contributed by atoms with Crippen LogP contribution in [0.15, 0.2) is 30.6 Å². The van der Waals surface area contributed by atoms with Gasteiger partial charge in [0.05, 0.1) is 13.3 Å². The van der Waals surface area contributed by atoms with Crippen LogP contribution in [-0.2, 0) is 4.79 Å². The molecule has 2 rings (SSSR count). The van der Waals surface area contributed by atoms with Crippen LogP contribution < -0.4 is 9.47 Å². The number of rotatable bonds is 2. The fraction of sp³-hybridized carbons (Fsp3) is 0.167. The molecule has 0 aliphatic heterocycles. The van der Waals surface area contributed by atoms with Crippen LogP contribution in [0.3, 0.4) is 0 Å². The molecule has 0 radical (unpaired) electrons. The van der Waals surface area contributed by atoms with Gasteiger partial charge in [0, 0.05) is 23.9 Å². The molecule has 1 aromatic heterocycles. The Morgan fingerprint density at radius 1 is 1.19 bits per heavy atom. The van der Waals surface area contributed by atoms with Gasteiger partial charge in [0.2, 0.25) is 0 Å². The SMILES string of the molecule is COc1cccc2c(OC(C)=O)cncc12. The largest absolute Gasteiger partial charge is 0.496 e. The molecule has 4 heteroatoms. The summed E-state index contributed by atoms with van der Waals surface area (Å²) < 4.78 is 10.3. The number of carbonyl (C=O) groups excluding carboxylic acids is 1. The first-order valence-electron chi connectivity index (χ1n) is 4.81. The van der Waals surface area contributed by atoms with Crippen molar-refractivity contribution in [1.82, 2.24) is 4.98 Å². The number of pyridine rings is 1. The van der Waals surface area contributed by atoms with Crippen molar-refractivity contribution in [2.45, 2.75) is 6.92 Å². The van der Waals surface area contributed by atoms with Crippen molar-refractivity contribution in [1.29, 1.82) is 0 Å². The Kier molecular flexibility index (Phi) is 2.72. The van der Waals surface area contributed by atoms with Crippen molar-refractivity contribution < 1.29 is 14.3 Å². The molecule has 0 saturated heterocycles. The van der Waals surface area contributed by atoms with Gasteiger partial charge in [-0.15, -0.1) is 0 Å². The quantitative estimate of drug-likeness (QED) is 0.723. The van der Waals surface area contributed by atoms with Crippen LogP contribution >= 0.6 is 0 Å². The van der Waals surface area contributed by atoms with E-state index in [4.69, 9.17) is 9.47 Å². The highest BCUT2D eigenvalue weighted by Gasteiger charge is 2.08. The fourth-order valence-corrected chi connectivity index (χ4v) is 1.56. The zero-order valence-electron chi connectivity index (χ0n) is 9.06. The highest BCUT2D eigenvalue weighted by Crippen LogP contribution is 2.30. The second kappa shape index (κ2) is 4.18. The van der Waals surface area contributed by atoms with E-state index in [1.807, 2.05) is 18.2 Å². The Balaban J connectivity index is 2.64. The summed E-state index contributed by atoms with van der Waals surface area (Å²) in [6.07, 6.45) is 3.20. The van der Waals surface area contributed by atoms with Crippen LogP contribution in [0.2, 0.25) is 0 Å². The van der Waals surface area contributed by atoms with Gasteiger partial charge >= 0.3 is 5.97 Å². The van der Waals surface area contributed by atoms with Gasteiger partial charge in [-0.3, -0.25) is 9.78 Å². The lowest BCUT2D eigenvalue weighted by molar-refractivity contribution is -0.131. The predicted octanol–water partition coefficient (Wildman–Crippen LogP) is 2.17. The molecule has 0 amide bonds. The topological polar surface area (TPSA) is 48.4 Å². The van der Waals surface area contributed by atoms with E-state index in [0.29, 0.717) is 11.5 Å². The molecule has 0 spiro atoms. The summed E-state index contributed by atoms with van der Waals surface area (Å²) in [5.74, 6) is 0.792. The van der Waals surface area contributed by atoms with Gasteiger partial charge in [0.15, 0.2) is 5.75 Å². The fourth-order valence-electron chi connectivity index (χ4n) is 1.56. The molecule has 2 aromatic rings. The smallest absolute Gasteiger partial charge is 0.308 e. The monoisotopic (exact) mass is 217 g/mol. The van der Waals surface area contributed by atoms with E-state index < -0.39 is 0 Å².